The van der Waals surface area contributed by atoms with Gasteiger partial charge < -0.3 is 16.6 Å². The first kappa shape index (κ1) is 16.3. The lowest BCUT2D eigenvalue weighted by Gasteiger charge is -2.21. The van der Waals surface area contributed by atoms with Crippen molar-refractivity contribution in [1.82, 2.24) is 0 Å². The summed E-state index contributed by atoms with van der Waals surface area (Å²) in [7, 11) is 0. The minimum Gasteiger partial charge on any atom is -0.383 e. The fourth-order valence-electron chi connectivity index (χ4n) is 2.30. The predicted octanol–water partition coefficient (Wildman–Crippen LogP) is -2.56. The van der Waals surface area contributed by atoms with Crippen molar-refractivity contribution in [1.29, 1.82) is 0 Å². The van der Waals surface area contributed by atoms with Crippen molar-refractivity contribution in [2.75, 3.05) is 0 Å². The molecule has 0 saturated heterocycles. The topological polar surface area (TPSA) is 153 Å². The van der Waals surface area contributed by atoms with E-state index in [0.717, 1.165) is 4.68 Å². The molecule has 0 spiro atoms. The van der Waals surface area contributed by atoms with Crippen LogP contribution >= 0.6 is 0 Å². The van der Waals surface area contributed by atoms with Crippen LogP contribution in [0.25, 0.3) is 0 Å². The lowest BCUT2D eigenvalue weighted by molar-refractivity contribution is -0.582. The summed E-state index contributed by atoms with van der Waals surface area (Å²) >= 11 is 0. The van der Waals surface area contributed by atoms with E-state index in [-0.39, 0.29) is 5.71 Å². The molecule has 8 nitrogen and oxygen atoms in total. The Morgan fingerprint density at radius 2 is 1.90 bits per heavy atom. The second-order valence-corrected chi connectivity index (χ2v) is 5.44. The number of aliphatic hydroxyl groups is 1. The minimum absolute atomic E-state index is 0.242. The number of carbonyl (C=O) groups is 3. The highest BCUT2D eigenvalue weighted by molar-refractivity contribution is 6.67. The fraction of sp³-hybridized carbons (Fsp3) is 0.667. The van der Waals surface area contributed by atoms with Crippen molar-refractivity contribution < 1.29 is 24.2 Å². The van der Waals surface area contributed by atoms with Crippen molar-refractivity contribution in [3.05, 3.63) is 0 Å². The molecule has 0 saturated carbocycles. The normalized spacial score (nSPS) is 28.6. The number of hydrogen-bond acceptors (Lipinski definition) is 6. The highest BCUT2D eigenvalue weighted by Crippen LogP contribution is 2.22. The van der Waals surface area contributed by atoms with E-state index in [4.69, 9.17) is 17.3 Å². The van der Waals surface area contributed by atoms with E-state index in [1.54, 1.807) is 6.92 Å². The smallest absolute Gasteiger partial charge is 0.293 e. The Balaban J connectivity index is 3.58. The number of primary amides is 1. The van der Waals surface area contributed by atoms with Crippen molar-refractivity contribution in [3.8, 4) is 0 Å². The number of Topliss-reactive ketones (excluding diaryl/α,β-unsaturated/α-hetero) is 2. The highest BCUT2D eigenvalue weighted by atomic mass is 16.3. The van der Waals surface area contributed by atoms with Gasteiger partial charge in [0.1, 0.15) is 17.6 Å². The Morgan fingerprint density at radius 1 is 1.40 bits per heavy atom. The van der Waals surface area contributed by atoms with E-state index in [9.17, 15) is 19.5 Å². The van der Waals surface area contributed by atoms with Crippen LogP contribution in [0, 0.1) is 5.41 Å². The second kappa shape index (κ2) is 5.29. The van der Waals surface area contributed by atoms with Gasteiger partial charge in [-0.3, -0.25) is 14.4 Å². The number of nitrogens with two attached hydrogens (primary N) is 3. The van der Waals surface area contributed by atoms with Crippen molar-refractivity contribution in [2.24, 2.45) is 22.7 Å². The number of hydrogen-bond donors (Lipinski definition) is 4. The molecule has 1 amide bonds. The maximum absolute atomic E-state index is 12.2. The maximum atomic E-state index is 12.2. The molecule has 3 atom stereocenters. The number of nitrogens with zero attached hydrogens (tertiary/aromatic N) is 1. The number of carbonyl (C=O) groups excluding carboxylic acids is 3. The molecule has 20 heavy (non-hydrogen) atoms. The van der Waals surface area contributed by atoms with Crippen molar-refractivity contribution in [3.63, 3.8) is 0 Å². The number of aliphatic hydroxyl groups excluding tert-OH is 1. The molecule has 0 fully saturated rings. The molecule has 0 aromatic carbocycles. The second-order valence-electron chi connectivity index (χ2n) is 5.44. The molecule has 3 unspecified atom stereocenters. The Hall–Kier alpha value is -1.80. The average molecular weight is 285 g/mol. The van der Waals surface area contributed by atoms with Crippen molar-refractivity contribution >= 4 is 23.2 Å². The molecule has 0 bridgehead atoms. The Morgan fingerprint density at radius 3 is 2.30 bits per heavy atom. The Labute approximate surface area is 116 Å². The molecule has 1 heterocycles. The summed E-state index contributed by atoms with van der Waals surface area (Å²) in [5.74, 6) is 2.98. The van der Waals surface area contributed by atoms with Crippen LogP contribution in [0.1, 0.15) is 27.2 Å². The number of amides is 1. The van der Waals surface area contributed by atoms with Gasteiger partial charge >= 0.3 is 0 Å². The Bertz CT molecular complexity index is 498. The maximum Gasteiger partial charge on any atom is 0.293 e. The zero-order valence-corrected chi connectivity index (χ0v) is 11.8. The molecule has 1 aliphatic rings. The molecular weight excluding hydrogens is 264 g/mol. The number of hydrazone groups is 1. The van der Waals surface area contributed by atoms with Crippen LogP contribution in [0.2, 0.25) is 0 Å². The summed E-state index contributed by atoms with van der Waals surface area (Å²) in [6, 6.07) is -1.68. The lowest BCUT2D eigenvalue weighted by atomic mass is 9.82. The van der Waals surface area contributed by atoms with Crippen LogP contribution in [0.4, 0.5) is 0 Å². The molecule has 8 heteroatoms. The monoisotopic (exact) mass is 285 g/mol. The number of ketones is 2. The fourth-order valence-corrected chi connectivity index (χ4v) is 2.30. The van der Waals surface area contributed by atoms with E-state index in [1.807, 2.05) is 0 Å². The quantitative estimate of drug-likeness (QED) is 0.254. The largest absolute Gasteiger partial charge is 0.383 e. The zero-order valence-electron chi connectivity index (χ0n) is 11.8. The summed E-state index contributed by atoms with van der Waals surface area (Å²) in [6.45, 7) is 4.53. The SMILES string of the molecule is CCC1C(N)C(O)C(=O)C(=O)C(C(C)(C)C(N)=O)=[N+]1N. The third kappa shape index (κ3) is 2.32. The molecular formula is C12H21N4O4+. The first-order chi connectivity index (χ1) is 9.07. The molecule has 0 radical (unpaired) electrons. The lowest BCUT2D eigenvalue weighted by Crippen LogP contribution is -2.54. The first-order valence-corrected chi connectivity index (χ1v) is 6.30. The number of rotatable bonds is 3. The van der Waals surface area contributed by atoms with Gasteiger partial charge in [-0.2, -0.15) is 0 Å². The Kier molecular flexibility index (Phi) is 4.30. The van der Waals surface area contributed by atoms with Crippen LogP contribution in [-0.4, -0.2) is 51.2 Å². The highest BCUT2D eigenvalue weighted by Gasteiger charge is 2.53. The molecule has 0 aromatic heterocycles. The van der Waals surface area contributed by atoms with Gasteiger partial charge in [0.05, 0.1) is 0 Å². The van der Waals surface area contributed by atoms with Gasteiger partial charge in [-0.25, -0.2) is 5.84 Å². The van der Waals surface area contributed by atoms with Gasteiger partial charge in [0.25, 0.3) is 11.5 Å². The van der Waals surface area contributed by atoms with E-state index >= 15 is 0 Å². The minimum atomic E-state index is -1.65. The molecule has 0 aromatic rings. The van der Waals surface area contributed by atoms with Crippen LogP contribution < -0.4 is 17.3 Å². The zero-order chi connectivity index (χ0) is 15.8. The van der Waals surface area contributed by atoms with E-state index in [0.29, 0.717) is 6.42 Å². The predicted molar refractivity (Wildman–Crippen MR) is 70.5 cm³/mol. The summed E-state index contributed by atoms with van der Waals surface area (Å²) in [4.78, 5) is 35.7. The summed E-state index contributed by atoms with van der Waals surface area (Å²) in [5, 5.41) is 9.83. The van der Waals surface area contributed by atoms with Gasteiger partial charge in [0, 0.05) is 6.42 Å². The van der Waals surface area contributed by atoms with Gasteiger partial charge in [0.15, 0.2) is 6.04 Å². The molecule has 0 aliphatic carbocycles. The summed E-state index contributed by atoms with van der Waals surface area (Å²) in [5.41, 5.74) is 9.37. The van der Waals surface area contributed by atoms with Crippen LogP contribution in [0.3, 0.4) is 0 Å². The van der Waals surface area contributed by atoms with Gasteiger partial charge in [0.2, 0.25) is 11.7 Å². The van der Waals surface area contributed by atoms with Gasteiger partial charge in [-0.1, -0.05) is 6.92 Å². The van der Waals surface area contributed by atoms with Crippen LogP contribution in [0.15, 0.2) is 0 Å². The standard InChI is InChI=1S/C12H20N4O4/c1-4-5-6(13)7(17)8(18)9(19)10(16(5)15)12(2,3)11(14)20/h5-7,17H,4,13H2,1-3H3,(H3-,14,15,19,20)/p+1. The van der Waals surface area contributed by atoms with Crippen LogP contribution in [-0.2, 0) is 14.4 Å². The van der Waals surface area contributed by atoms with E-state index < -0.39 is 41.1 Å². The molecule has 1 rings (SSSR count). The van der Waals surface area contributed by atoms with E-state index in [1.165, 1.54) is 13.8 Å². The van der Waals surface area contributed by atoms with Gasteiger partial charge in [-0.05, 0) is 13.8 Å². The molecule has 112 valence electrons. The van der Waals surface area contributed by atoms with Crippen molar-refractivity contribution in [2.45, 2.75) is 45.4 Å². The third-order valence-electron chi connectivity index (χ3n) is 3.76. The molecule has 7 N–H and O–H groups in total. The van der Waals surface area contributed by atoms with E-state index in [2.05, 4.69) is 0 Å². The van der Waals surface area contributed by atoms with Gasteiger partial charge in [-0.15, -0.1) is 4.68 Å². The third-order valence-corrected chi connectivity index (χ3v) is 3.76. The average Bonchev–Trinajstić information content (AvgIpc) is 2.41. The summed E-state index contributed by atoms with van der Waals surface area (Å²) in [6.07, 6.45) is -1.27. The van der Waals surface area contributed by atoms with Crippen LogP contribution in [0.5, 0.6) is 0 Å². The molecule has 1 aliphatic heterocycles. The first-order valence-electron chi connectivity index (χ1n) is 6.30. The number of hydrazine groups is 1. The summed E-state index contributed by atoms with van der Waals surface area (Å²) < 4.78 is 1.01.